The fraction of sp³-hybridized carbons (Fsp3) is 0.389. The number of nitrogens with zero attached hydrogens (tertiary/aromatic N) is 3. The van der Waals surface area contributed by atoms with E-state index in [1.165, 1.54) is 9.18 Å². The van der Waals surface area contributed by atoms with Crippen molar-refractivity contribution in [3.05, 3.63) is 40.6 Å². The van der Waals surface area contributed by atoms with Gasteiger partial charge in [0, 0.05) is 24.5 Å². The molecule has 148 valence electrons. The van der Waals surface area contributed by atoms with Crippen molar-refractivity contribution >= 4 is 50.0 Å². The Labute approximate surface area is 171 Å². The van der Waals surface area contributed by atoms with Crippen LogP contribution in [0.2, 0.25) is 0 Å². The fourth-order valence-corrected chi connectivity index (χ4v) is 6.40. The zero-order chi connectivity index (χ0) is 19.6. The van der Waals surface area contributed by atoms with Crippen LogP contribution in [0.15, 0.2) is 40.6 Å². The van der Waals surface area contributed by atoms with Gasteiger partial charge in [-0.1, -0.05) is 12.1 Å². The summed E-state index contributed by atoms with van der Waals surface area (Å²) in [6.07, 6.45) is 2.14. The maximum absolute atomic E-state index is 13.2. The Bertz CT molecular complexity index is 1060. The van der Waals surface area contributed by atoms with E-state index in [2.05, 4.69) is 14.1 Å². The van der Waals surface area contributed by atoms with Crippen molar-refractivity contribution < 1.29 is 13.2 Å². The molecule has 1 aromatic carbocycles. The van der Waals surface area contributed by atoms with Crippen LogP contribution in [0.5, 0.6) is 0 Å². The lowest BCUT2D eigenvalue weighted by molar-refractivity contribution is -0.126. The normalized spacial score (nSPS) is 18.4. The van der Waals surface area contributed by atoms with Gasteiger partial charge in [0.15, 0.2) is 0 Å². The van der Waals surface area contributed by atoms with Crippen LogP contribution in [0.3, 0.4) is 0 Å². The van der Waals surface area contributed by atoms with Crippen LogP contribution in [0.1, 0.15) is 17.7 Å². The first kappa shape index (κ1) is 19.4. The van der Waals surface area contributed by atoms with Gasteiger partial charge in [0.1, 0.15) is 15.9 Å². The molecule has 1 aliphatic rings. The molecule has 0 spiro atoms. The smallest absolute Gasteiger partial charge is 0.245 e. The number of hydrogen-bond acceptors (Lipinski definition) is 7. The largest absolute Gasteiger partial charge is 0.355 e. The van der Waals surface area contributed by atoms with Crippen LogP contribution >= 0.6 is 23.1 Å². The van der Waals surface area contributed by atoms with E-state index in [4.69, 9.17) is 0 Å². The number of sulfonamides is 1. The van der Waals surface area contributed by atoms with Crippen LogP contribution in [0, 0.1) is 5.92 Å². The third kappa shape index (κ3) is 3.95. The molecule has 1 amide bonds. The van der Waals surface area contributed by atoms with Crippen molar-refractivity contribution in [3.63, 3.8) is 0 Å². The SMILES string of the molecule is O=C(NCCc1cccs1)C1CCCN(S(=O)(=O)c2cccc3nsnc23)C1. The molecule has 2 aromatic heterocycles. The number of fused-ring (bicyclic) bond motifs is 1. The number of hydrogen-bond donors (Lipinski definition) is 1. The van der Waals surface area contributed by atoms with Crippen molar-refractivity contribution in [2.75, 3.05) is 19.6 Å². The van der Waals surface area contributed by atoms with Gasteiger partial charge in [-0.15, -0.1) is 11.3 Å². The summed E-state index contributed by atoms with van der Waals surface area (Å²) >= 11 is 2.66. The molecule has 0 aliphatic carbocycles. The number of carbonyl (C=O) groups is 1. The molecule has 1 saturated heterocycles. The lowest BCUT2D eigenvalue weighted by atomic mass is 9.99. The minimum absolute atomic E-state index is 0.0787. The summed E-state index contributed by atoms with van der Waals surface area (Å²) in [6.45, 7) is 1.17. The first-order valence-corrected chi connectivity index (χ1v) is 12.1. The van der Waals surface area contributed by atoms with Gasteiger partial charge in [-0.05, 0) is 42.8 Å². The molecule has 10 heteroatoms. The van der Waals surface area contributed by atoms with Gasteiger partial charge in [0.2, 0.25) is 15.9 Å². The van der Waals surface area contributed by atoms with Crippen molar-refractivity contribution in [2.45, 2.75) is 24.2 Å². The zero-order valence-corrected chi connectivity index (χ0v) is 17.5. The Morgan fingerprint density at radius 2 is 2.14 bits per heavy atom. The summed E-state index contributed by atoms with van der Waals surface area (Å²) in [5, 5.41) is 4.97. The molecule has 3 heterocycles. The molecule has 0 saturated carbocycles. The van der Waals surface area contributed by atoms with E-state index in [-0.39, 0.29) is 23.3 Å². The number of rotatable bonds is 6. The summed E-state index contributed by atoms with van der Waals surface area (Å²) in [4.78, 5) is 13.9. The number of benzene rings is 1. The molecular weight excluding hydrogens is 416 g/mol. The van der Waals surface area contributed by atoms with Crippen molar-refractivity contribution in [3.8, 4) is 0 Å². The Kier molecular flexibility index (Phi) is 5.72. The maximum Gasteiger partial charge on any atom is 0.245 e. The summed E-state index contributed by atoms with van der Waals surface area (Å²) in [7, 11) is -3.72. The Hall–Kier alpha value is -1.88. The van der Waals surface area contributed by atoms with Crippen LogP contribution in [0.25, 0.3) is 11.0 Å². The molecule has 0 radical (unpaired) electrons. The Morgan fingerprint density at radius 3 is 2.96 bits per heavy atom. The van der Waals surface area contributed by atoms with Gasteiger partial charge in [-0.2, -0.15) is 13.1 Å². The van der Waals surface area contributed by atoms with E-state index in [1.54, 1.807) is 29.5 Å². The van der Waals surface area contributed by atoms with Crippen LogP contribution in [-0.4, -0.2) is 47.0 Å². The average Bonchev–Trinajstić information content (AvgIpc) is 3.39. The van der Waals surface area contributed by atoms with Gasteiger partial charge in [-0.3, -0.25) is 4.79 Å². The summed E-state index contributed by atoms with van der Waals surface area (Å²) in [5.74, 6) is -0.412. The summed E-state index contributed by atoms with van der Waals surface area (Å²) < 4.78 is 36.0. The third-order valence-electron chi connectivity index (χ3n) is 4.87. The molecule has 0 bridgehead atoms. The zero-order valence-electron chi connectivity index (χ0n) is 15.1. The third-order valence-corrected chi connectivity index (χ3v) is 8.25. The number of nitrogens with one attached hydrogen (secondary N) is 1. The molecule has 7 nitrogen and oxygen atoms in total. The van der Waals surface area contributed by atoms with Crippen LogP contribution in [-0.2, 0) is 21.2 Å². The van der Waals surface area contributed by atoms with Crippen LogP contribution < -0.4 is 5.32 Å². The molecule has 1 atom stereocenters. The van der Waals surface area contributed by atoms with E-state index in [1.807, 2.05) is 17.5 Å². The lowest BCUT2D eigenvalue weighted by Crippen LogP contribution is -2.45. The summed E-state index contributed by atoms with van der Waals surface area (Å²) in [6, 6.07) is 9.01. The minimum Gasteiger partial charge on any atom is -0.355 e. The molecule has 1 N–H and O–H groups in total. The molecule has 1 fully saturated rings. The minimum atomic E-state index is -3.72. The van der Waals surface area contributed by atoms with Crippen molar-refractivity contribution in [2.24, 2.45) is 5.92 Å². The highest BCUT2D eigenvalue weighted by Gasteiger charge is 2.34. The lowest BCUT2D eigenvalue weighted by Gasteiger charge is -2.31. The quantitative estimate of drug-likeness (QED) is 0.641. The van der Waals surface area contributed by atoms with Gasteiger partial charge in [0.05, 0.1) is 17.6 Å². The fourth-order valence-electron chi connectivity index (χ4n) is 3.41. The van der Waals surface area contributed by atoms with Crippen molar-refractivity contribution in [1.82, 2.24) is 18.4 Å². The van der Waals surface area contributed by atoms with E-state index >= 15 is 0 Å². The number of amides is 1. The van der Waals surface area contributed by atoms with E-state index in [9.17, 15) is 13.2 Å². The van der Waals surface area contributed by atoms with E-state index in [0.29, 0.717) is 37.0 Å². The van der Waals surface area contributed by atoms with Gasteiger partial charge in [0.25, 0.3) is 0 Å². The maximum atomic E-state index is 13.2. The number of thiophene rings is 1. The van der Waals surface area contributed by atoms with E-state index in [0.717, 1.165) is 18.1 Å². The second-order valence-electron chi connectivity index (χ2n) is 6.71. The van der Waals surface area contributed by atoms with Crippen molar-refractivity contribution in [1.29, 1.82) is 0 Å². The second-order valence-corrected chi connectivity index (χ2v) is 10.2. The number of carbonyl (C=O) groups excluding carboxylic acids is 1. The number of aromatic nitrogens is 2. The molecule has 1 aliphatic heterocycles. The molecular formula is C18H20N4O3S3. The molecule has 28 heavy (non-hydrogen) atoms. The first-order valence-electron chi connectivity index (χ1n) is 9.07. The topological polar surface area (TPSA) is 92.3 Å². The predicted octanol–water partition coefficient (Wildman–Crippen LogP) is 2.51. The van der Waals surface area contributed by atoms with Gasteiger partial charge in [-0.25, -0.2) is 8.42 Å². The highest BCUT2D eigenvalue weighted by Crippen LogP contribution is 2.28. The highest BCUT2D eigenvalue weighted by molar-refractivity contribution is 7.89. The Balaban J connectivity index is 1.44. The monoisotopic (exact) mass is 436 g/mol. The van der Waals surface area contributed by atoms with Gasteiger partial charge < -0.3 is 5.32 Å². The predicted molar refractivity (Wildman–Crippen MR) is 110 cm³/mol. The standard InChI is InChI=1S/C18H20N4O3S3/c23-18(19-9-8-14-5-3-11-26-14)13-4-2-10-22(12-13)28(24,25)16-7-1-6-15-17(16)21-27-20-15/h1,3,5-7,11,13H,2,4,8-10,12H2,(H,19,23). The Morgan fingerprint density at radius 1 is 1.25 bits per heavy atom. The van der Waals surface area contributed by atoms with Crippen LogP contribution in [0.4, 0.5) is 0 Å². The highest BCUT2D eigenvalue weighted by atomic mass is 32.2. The first-order chi connectivity index (χ1) is 13.6. The second kappa shape index (κ2) is 8.24. The number of piperidine rings is 1. The van der Waals surface area contributed by atoms with E-state index < -0.39 is 10.0 Å². The van der Waals surface area contributed by atoms with Gasteiger partial charge >= 0.3 is 0 Å². The summed E-state index contributed by atoms with van der Waals surface area (Å²) in [5.41, 5.74) is 0.973. The molecule has 1 unspecified atom stereocenters. The average molecular weight is 437 g/mol. The molecule has 3 aromatic rings. The molecule has 4 rings (SSSR count).